The van der Waals surface area contributed by atoms with Gasteiger partial charge in [0.1, 0.15) is 5.78 Å². The van der Waals surface area contributed by atoms with Crippen molar-refractivity contribution in [2.75, 3.05) is 0 Å². The third-order valence-corrected chi connectivity index (χ3v) is 3.27. The molecule has 1 aliphatic rings. The average molecular weight is 215 g/mol. The molecule has 0 saturated carbocycles. The highest BCUT2D eigenvalue weighted by Gasteiger charge is 2.33. The minimum atomic E-state index is -0.0218. The normalized spacial score (nSPS) is 16.8. The number of benzene rings is 1. The van der Waals surface area contributed by atoms with Crippen LogP contribution in [-0.4, -0.2) is 11.5 Å². The number of aliphatic imine (C=N–C) groups is 1. The molecule has 0 atom stereocenters. The number of carbonyl (C=O) groups excluding carboxylic acids is 1. The molecule has 2 rings (SSSR count). The predicted molar refractivity (Wildman–Crippen MR) is 66.5 cm³/mol. The van der Waals surface area contributed by atoms with Gasteiger partial charge in [-0.2, -0.15) is 0 Å². The smallest absolute Gasteiger partial charge is 0.130 e. The molecule has 0 aromatic heterocycles. The number of carbonyl (C=O) groups is 1. The van der Waals surface area contributed by atoms with Gasteiger partial charge in [-0.05, 0) is 25.0 Å². The summed E-state index contributed by atoms with van der Waals surface area (Å²) in [6.45, 7) is 5.99. The molecule has 0 spiro atoms. The zero-order chi connectivity index (χ0) is 11.8. The lowest BCUT2D eigenvalue weighted by Gasteiger charge is -2.21. The monoisotopic (exact) mass is 215 g/mol. The van der Waals surface area contributed by atoms with E-state index in [4.69, 9.17) is 0 Å². The molecular formula is C14H17NO. The maximum Gasteiger partial charge on any atom is 0.130 e. The molecule has 1 aliphatic heterocycles. The van der Waals surface area contributed by atoms with Gasteiger partial charge < -0.3 is 4.79 Å². The first-order valence-corrected chi connectivity index (χ1v) is 5.69. The molecule has 0 N–H and O–H groups in total. The highest BCUT2D eigenvalue weighted by atomic mass is 16.1. The van der Waals surface area contributed by atoms with E-state index < -0.39 is 0 Å². The van der Waals surface area contributed by atoms with Crippen LogP contribution < -0.4 is 0 Å². The molecule has 0 radical (unpaired) electrons. The standard InChI is InChI=1S/C14H17NO/c1-10(16)8-9-13-14(2,3)11-6-4-5-7-12(11)15-13/h4-7H,8-9H2,1-3H3. The summed E-state index contributed by atoms with van der Waals surface area (Å²) in [4.78, 5) is 15.7. The van der Waals surface area contributed by atoms with Crippen LogP contribution in [0.15, 0.2) is 29.3 Å². The van der Waals surface area contributed by atoms with Gasteiger partial charge in [-0.3, -0.25) is 4.99 Å². The highest BCUT2D eigenvalue weighted by Crippen LogP contribution is 2.40. The number of fused-ring (bicyclic) bond motifs is 1. The lowest BCUT2D eigenvalue weighted by molar-refractivity contribution is -0.116. The average Bonchev–Trinajstić information content (AvgIpc) is 2.48. The van der Waals surface area contributed by atoms with Crippen molar-refractivity contribution in [2.24, 2.45) is 4.99 Å². The van der Waals surface area contributed by atoms with Crippen molar-refractivity contribution in [3.05, 3.63) is 29.8 Å². The third-order valence-electron chi connectivity index (χ3n) is 3.27. The lowest BCUT2D eigenvalue weighted by Crippen LogP contribution is -2.25. The number of Topliss-reactive ketones (excluding diaryl/α,β-unsaturated/α-hetero) is 1. The third kappa shape index (κ3) is 1.80. The molecule has 0 unspecified atom stereocenters. The van der Waals surface area contributed by atoms with E-state index in [9.17, 15) is 4.79 Å². The summed E-state index contributed by atoms with van der Waals surface area (Å²) < 4.78 is 0. The van der Waals surface area contributed by atoms with Crippen LogP contribution in [0.25, 0.3) is 0 Å². The van der Waals surface area contributed by atoms with Gasteiger partial charge in [0.2, 0.25) is 0 Å². The Morgan fingerprint density at radius 1 is 1.31 bits per heavy atom. The molecule has 0 amide bonds. The largest absolute Gasteiger partial charge is 0.300 e. The molecular weight excluding hydrogens is 198 g/mol. The fraction of sp³-hybridized carbons (Fsp3) is 0.429. The summed E-state index contributed by atoms with van der Waals surface area (Å²) in [5, 5.41) is 0. The van der Waals surface area contributed by atoms with Crippen LogP contribution in [0.1, 0.15) is 39.2 Å². The van der Waals surface area contributed by atoms with Crippen molar-refractivity contribution < 1.29 is 4.79 Å². The van der Waals surface area contributed by atoms with E-state index in [1.54, 1.807) is 6.92 Å². The summed E-state index contributed by atoms with van der Waals surface area (Å²) in [5.74, 6) is 0.231. The minimum Gasteiger partial charge on any atom is -0.300 e. The summed E-state index contributed by atoms with van der Waals surface area (Å²) in [6, 6.07) is 8.22. The molecule has 1 heterocycles. The Morgan fingerprint density at radius 3 is 2.62 bits per heavy atom. The first-order chi connectivity index (χ1) is 7.51. The van der Waals surface area contributed by atoms with Gasteiger partial charge >= 0.3 is 0 Å². The van der Waals surface area contributed by atoms with Gasteiger partial charge in [-0.25, -0.2) is 0 Å². The molecule has 2 heteroatoms. The Bertz CT molecular complexity index is 458. The van der Waals surface area contributed by atoms with E-state index in [1.165, 1.54) is 5.56 Å². The lowest BCUT2D eigenvalue weighted by atomic mass is 9.80. The quantitative estimate of drug-likeness (QED) is 0.759. The molecule has 0 aliphatic carbocycles. The Hall–Kier alpha value is -1.44. The summed E-state index contributed by atoms with van der Waals surface area (Å²) in [6.07, 6.45) is 1.37. The molecule has 2 nitrogen and oxygen atoms in total. The van der Waals surface area contributed by atoms with Gasteiger partial charge in [0.05, 0.1) is 5.69 Å². The van der Waals surface area contributed by atoms with Gasteiger partial charge in [-0.1, -0.05) is 32.0 Å². The SMILES string of the molecule is CC(=O)CCC1=Nc2ccccc2C1(C)C. The first-order valence-electron chi connectivity index (χ1n) is 5.69. The van der Waals surface area contributed by atoms with Gasteiger partial charge in [0.25, 0.3) is 0 Å². The zero-order valence-corrected chi connectivity index (χ0v) is 10.1. The molecule has 84 valence electrons. The van der Waals surface area contributed by atoms with E-state index in [1.807, 2.05) is 18.2 Å². The second-order valence-corrected chi connectivity index (χ2v) is 4.90. The summed E-state index contributed by atoms with van der Waals surface area (Å²) in [7, 11) is 0. The Kier molecular flexibility index (Phi) is 2.66. The molecule has 1 aromatic carbocycles. The van der Waals surface area contributed by atoms with Crippen molar-refractivity contribution in [2.45, 2.75) is 39.0 Å². The number of hydrogen-bond donors (Lipinski definition) is 0. The molecule has 0 saturated heterocycles. The zero-order valence-electron chi connectivity index (χ0n) is 10.1. The number of rotatable bonds is 3. The van der Waals surface area contributed by atoms with Crippen molar-refractivity contribution in [3.8, 4) is 0 Å². The van der Waals surface area contributed by atoms with Crippen molar-refractivity contribution in [3.63, 3.8) is 0 Å². The number of nitrogens with zero attached hydrogens (tertiary/aromatic N) is 1. The minimum absolute atomic E-state index is 0.0218. The van der Waals surface area contributed by atoms with E-state index in [0.717, 1.165) is 17.8 Å². The topological polar surface area (TPSA) is 29.4 Å². The Balaban J connectivity index is 2.28. The van der Waals surface area contributed by atoms with Gasteiger partial charge in [0.15, 0.2) is 0 Å². The van der Waals surface area contributed by atoms with Crippen LogP contribution >= 0.6 is 0 Å². The van der Waals surface area contributed by atoms with E-state index in [2.05, 4.69) is 24.9 Å². The number of hydrogen-bond acceptors (Lipinski definition) is 2. The van der Waals surface area contributed by atoms with Gasteiger partial charge in [-0.15, -0.1) is 0 Å². The fourth-order valence-corrected chi connectivity index (χ4v) is 2.20. The number of para-hydroxylation sites is 1. The second kappa shape index (κ2) is 3.85. The van der Waals surface area contributed by atoms with Crippen LogP contribution in [0.2, 0.25) is 0 Å². The van der Waals surface area contributed by atoms with Crippen molar-refractivity contribution >= 4 is 17.2 Å². The summed E-state index contributed by atoms with van der Waals surface area (Å²) >= 11 is 0. The predicted octanol–water partition coefficient (Wildman–Crippen LogP) is 3.42. The molecule has 0 fully saturated rings. The van der Waals surface area contributed by atoms with E-state index >= 15 is 0 Å². The molecule has 0 bridgehead atoms. The number of ketones is 1. The van der Waals surface area contributed by atoms with Crippen molar-refractivity contribution in [1.82, 2.24) is 0 Å². The second-order valence-electron chi connectivity index (χ2n) is 4.90. The van der Waals surface area contributed by atoms with Crippen molar-refractivity contribution in [1.29, 1.82) is 0 Å². The maximum atomic E-state index is 11.0. The highest BCUT2D eigenvalue weighted by molar-refractivity contribution is 6.02. The van der Waals surface area contributed by atoms with E-state index in [0.29, 0.717) is 6.42 Å². The fourth-order valence-electron chi connectivity index (χ4n) is 2.20. The molecule has 16 heavy (non-hydrogen) atoms. The van der Waals surface area contributed by atoms with Crippen LogP contribution in [0.5, 0.6) is 0 Å². The maximum absolute atomic E-state index is 11.0. The Labute approximate surface area is 96.4 Å². The van der Waals surface area contributed by atoms with Crippen LogP contribution in [0.4, 0.5) is 5.69 Å². The van der Waals surface area contributed by atoms with Crippen LogP contribution in [-0.2, 0) is 10.2 Å². The van der Waals surface area contributed by atoms with E-state index in [-0.39, 0.29) is 11.2 Å². The molecule has 1 aromatic rings. The van der Waals surface area contributed by atoms with Crippen LogP contribution in [0, 0.1) is 0 Å². The Morgan fingerprint density at radius 2 is 2.00 bits per heavy atom. The first kappa shape index (κ1) is 11.1. The van der Waals surface area contributed by atoms with Gasteiger partial charge in [0, 0.05) is 17.5 Å². The van der Waals surface area contributed by atoms with Crippen LogP contribution in [0.3, 0.4) is 0 Å². The summed E-state index contributed by atoms with van der Waals surface area (Å²) in [5.41, 5.74) is 3.44.